The number of pyridine rings is 1. The highest BCUT2D eigenvalue weighted by molar-refractivity contribution is 5.51. The monoisotopic (exact) mass is 355 g/mol. The van der Waals surface area contributed by atoms with Crippen LogP contribution in [0.25, 0.3) is 0 Å². The summed E-state index contributed by atoms with van der Waals surface area (Å²) in [5.74, 6) is -6.46. The molecule has 1 unspecified atom stereocenters. The lowest BCUT2D eigenvalue weighted by atomic mass is 10.1. The molecule has 3 rings (SSSR count). The van der Waals surface area contributed by atoms with Gasteiger partial charge in [0.05, 0.1) is 13.2 Å². The Balaban J connectivity index is 1.77. The topological polar surface area (TPSA) is 37.4 Å². The molecule has 1 atom stereocenters. The van der Waals surface area contributed by atoms with Crippen molar-refractivity contribution in [3.05, 3.63) is 53.4 Å². The quantitative estimate of drug-likeness (QED) is 0.671. The molecule has 0 saturated carbocycles. The van der Waals surface area contributed by atoms with E-state index in [1.165, 1.54) is 0 Å². The van der Waals surface area contributed by atoms with Crippen LogP contribution >= 0.6 is 0 Å². The fourth-order valence-electron chi connectivity index (χ4n) is 2.71. The van der Waals surface area contributed by atoms with Crippen LogP contribution in [-0.2, 0) is 4.74 Å². The number of morpholine rings is 1. The van der Waals surface area contributed by atoms with Crippen molar-refractivity contribution in [2.75, 3.05) is 36.5 Å². The molecule has 1 N–H and O–H groups in total. The lowest BCUT2D eigenvalue weighted by Crippen LogP contribution is -2.36. The molecule has 1 aliphatic rings. The highest BCUT2D eigenvalue weighted by atomic mass is 19.2. The maximum absolute atomic E-state index is 13.7. The van der Waals surface area contributed by atoms with Gasteiger partial charge in [0.15, 0.2) is 0 Å². The summed E-state index contributed by atoms with van der Waals surface area (Å²) in [4.78, 5) is 4.70. The van der Waals surface area contributed by atoms with E-state index in [1.807, 2.05) is 12.1 Å². The summed E-state index contributed by atoms with van der Waals surface area (Å²) in [5.41, 5.74) is 0.862. The maximum atomic E-state index is 13.7. The van der Waals surface area contributed by atoms with Gasteiger partial charge in [0.2, 0.25) is 11.6 Å². The zero-order chi connectivity index (χ0) is 18.0. The Kier molecular flexibility index (Phi) is 5.08. The van der Waals surface area contributed by atoms with E-state index in [2.05, 4.69) is 15.2 Å². The first kappa shape index (κ1) is 17.5. The van der Waals surface area contributed by atoms with E-state index in [0.29, 0.717) is 18.8 Å². The number of halogens is 4. The third-order valence-corrected chi connectivity index (χ3v) is 4.13. The SMILES string of the molecule is CC(Nc1c(F)c(F)nc(F)c1F)c1ccc(N2CCOCC2)cc1. The first-order valence-electron chi connectivity index (χ1n) is 7.86. The number of benzene rings is 1. The predicted octanol–water partition coefficient (Wildman–Crippen LogP) is 3.65. The van der Waals surface area contributed by atoms with Crippen LogP contribution < -0.4 is 10.2 Å². The first-order valence-corrected chi connectivity index (χ1v) is 7.86. The fourth-order valence-corrected chi connectivity index (χ4v) is 2.71. The van der Waals surface area contributed by atoms with Gasteiger partial charge in [-0.05, 0) is 24.6 Å². The van der Waals surface area contributed by atoms with Crippen molar-refractivity contribution in [2.24, 2.45) is 0 Å². The minimum Gasteiger partial charge on any atom is -0.378 e. The zero-order valence-corrected chi connectivity index (χ0v) is 13.5. The molecule has 0 bridgehead atoms. The summed E-state index contributed by atoms with van der Waals surface area (Å²) in [7, 11) is 0. The van der Waals surface area contributed by atoms with Crippen molar-refractivity contribution in [1.82, 2.24) is 4.98 Å². The first-order chi connectivity index (χ1) is 12.0. The number of rotatable bonds is 4. The van der Waals surface area contributed by atoms with Gasteiger partial charge in [-0.25, -0.2) is 0 Å². The molecule has 1 aromatic carbocycles. The van der Waals surface area contributed by atoms with Crippen molar-refractivity contribution >= 4 is 11.4 Å². The van der Waals surface area contributed by atoms with E-state index in [0.717, 1.165) is 18.8 Å². The Hall–Kier alpha value is -2.35. The van der Waals surface area contributed by atoms with E-state index >= 15 is 0 Å². The minimum absolute atomic E-state index is 0.566. The number of nitrogens with one attached hydrogen (secondary N) is 1. The molecular weight excluding hydrogens is 338 g/mol. The maximum Gasteiger partial charge on any atom is 0.253 e. The van der Waals surface area contributed by atoms with E-state index in [4.69, 9.17) is 4.74 Å². The molecular formula is C17H17F4N3O. The number of aromatic nitrogens is 1. The summed E-state index contributed by atoms with van der Waals surface area (Å²) >= 11 is 0. The molecule has 0 amide bonds. The van der Waals surface area contributed by atoms with Gasteiger partial charge in [-0.3, -0.25) is 0 Å². The Labute approximate surface area is 142 Å². The Morgan fingerprint density at radius 1 is 1.00 bits per heavy atom. The van der Waals surface area contributed by atoms with E-state index in [1.54, 1.807) is 19.1 Å². The van der Waals surface area contributed by atoms with Crippen LogP contribution in [0.1, 0.15) is 18.5 Å². The number of hydrogen-bond acceptors (Lipinski definition) is 4. The second-order valence-corrected chi connectivity index (χ2v) is 5.75. The second kappa shape index (κ2) is 7.26. The van der Waals surface area contributed by atoms with Crippen molar-refractivity contribution in [3.8, 4) is 0 Å². The highest BCUT2D eigenvalue weighted by Crippen LogP contribution is 2.27. The Morgan fingerprint density at radius 2 is 1.56 bits per heavy atom. The van der Waals surface area contributed by atoms with Gasteiger partial charge in [0, 0.05) is 24.8 Å². The largest absolute Gasteiger partial charge is 0.378 e. The van der Waals surface area contributed by atoms with E-state index in [9.17, 15) is 17.6 Å². The van der Waals surface area contributed by atoms with Crippen molar-refractivity contribution in [1.29, 1.82) is 0 Å². The molecule has 2 aromatic rings. The third-order valence-electron chi connectivity index (χ3n) is 4.13. The molecule has 2 heterocycles. The summed E-state index contributed by atoms with van der Waals surface area (Å²) in [6.45, 7) is 4.55. The van der Waals surface area contributed by atoms with Crippen LogP contribution in [-0.4, -0.2) is 31.3 Å². The Bertz CT molecular complexity index is 722. The van der Waals surface area contributed by atoms with Gasteiger partial charge in [-0.1, -0.05) is 12.1 Å². The molecule has 1 saturated heterocycles. The molecule has 1 aliphatic heterocycles. The molecule has 4 nitrogen and oxygen atoms in total. The summed E-state index contributed by atoms with van der Waals surface area (Å²) in [6, 6.07) is 6.81. The van der Waals surface area contributed by atoms with Crippen LogP contribution in [0.4, 0.5) is 28.9 Å². The number of anilines is 2. The highest BCUT2D eigenvalue weighted by Gasteiger charge is 2.22. The van der Waals surface area contributed by atoms with Crippen molar-refractivity contribution in [3.63, 3.8) is 0 Å². The van der Waals surface area contributed by atoms with Crippen LogP contribution in [0.3, 0.4) is 0 Å². The van der Waals surface area contributed by atoms with Gasteiger partial charge in [-0.15, -0.1) is 0 Å². The Morgan fingerprint density at radius 3 is 2.12 bits per heavy atom. The van der Waals surface area contributed by atoms with Gasteiger partial charge in [-0.2, -0.15) is 22.5 Å². The van der Waals surface area contributed by atoms with Gasteiger partial charge < -0.3 is 15.0 Å². The van der Waals surface area contributed by atoms with Crippen molar-refractivity contribution in [2.45, 2.75) is 13.0 Å². The zero-order valence-electron chi connectivity index (χ0n) is 13.5. The summed E-state index contributed by atoms with van der Waals surface area (Å²) in [5, 5.41) is 2.47. The van der Waals surface area contributed by atoms with Crippen molar-refractivity contribution < 1.29 is 22.3 Å². The molecule has 8 heteroatoms. The smallest absolute Gasteiger partial charge is 0.253 e. The predicted molar refractivity (Wildman–Crippen MR) is 85.6 cm³/mol. The lowest BCUT2D eigenvalue weighted by Gasteiger charge is -2.29. The van der Waals surface area contributed by atoms with Crippen LogP contribution in [0.2, 0.25) is 0 Å². The van der Waals surface area contributed by atoms with Gasteiger partial charge in [0.25, 0.3) is 11.9 Å². The lowest BCUT2D eigenvalue weighted by molar-refractivity contribution is 0.122. The molecule has 1 aromatic heterocycles. The minimum atomic E-state index is -1.68. The fraction of sp³-hybridized carbons (Fsp3) is 0.353. The van der Waals surface area contributed by atoms with Crippen LogP contribution in [0.5, 0.6) is 0 Å². The summed E-state index contributed by atoms with van der Waals surface area (Å²) < 4.78 is 59.1. The number of hydrogen-bond donors (Lipinski definition) is 1. The van der Waals surface area contributed by atoms with Crippen LogP contribution in [0.15, 0.2) is 24.3 Å². The third kappa shape index (κ3) is 3.68. The molecule has 25 heavy (non-hydrogen) atoms. The normalized spacial score (nSPS) is 16.0. The van der Waals surface area contributed by atoms with Crippen LogP contribution in [0, 0.1) is 23.5 Å². The van der Waals surface area contributed by atoms with Gasteiger partial charge >= 0.3 is 0 Å². The van der Waals surface area contributed by atoms with E-state index in [-0.39, 0.29) is 0 Å². The second-order valence-electron chi connectivity index (χ2n) is 5.75. The molecule has 0 radical (unpaired) electrons. The number of nitrogens with zero attached hydrogens (tertiary/aromatic N) is 2. The van der Waals surface area contributed by atoms with Gasteiger partial charge in [0.1, 0.15) is 5.69 Å². The average molecular weight is 355 g/mol. The average Bonchev–Trinajstić information content (AvgIpc) is 2.64. The van der Waals surface area contributed by atoms with E-state index < -0.39 is 35.3 Å². The molecule has 0 aliphatic carbocycles. The molecule has 1 fully saturated rings. The molecule has 0 spiro atoms. The summed E-state index contributed by atoms with van der Waals surface area (Å²) in [6.07, 6.45) is 0. The number of ether oxygens (including phenoxy) is 1. The standard InChI is InChI=1S/C17H17F4N3O/c1-10(22-15-13(18)16(20)23-17(21)14(15)19)11-2-4-12(5-3-11)24-6-8-25-9-7-24/h2-5,10H,6-9H2,1H3,(H,22,23). The molecule has 134 valence electrons.